The fraction of sp³-hybridized carbons (Fsp3) is 0.333. The number of nitrogens with one attached hydrogen (secondary N) is 1. The van der Waals surface area contributed by atoms with Gasteiger partial charge in [-0.2, -0.15) is 5.06 Å². The predicted octanol–water partition coefficient (Wildman–Crippen LogP) is 3.07. The van der Waals surface area contributed by atoms with Gasteiger partial charge in [-0.25, -0.2) is 4.98 Å². The van der Waals surface area contributed by atoms with Gasteiger partial charge in [-0.1, -0.05) is 54.3 Å². The summed E-state index contributed by atoms with van der Waals surface area (Å²) in [6.07, 6.45) is 3.42. The fourth-order valence-electron chi connectivity index (χ4n) is 5.72. The van der Waals surface area contributed by atoms with E-state index in [-0.39, 0.29) is 19.1 Å². The van der Waals surface area contributed by atoms with Crippen molar-refractivity contribution < 1.29 is 25.0 Å². The van der Waals surface area contributed by atoms with Crippen molar-refractivity contribution in [3.63, 3.8) is 0 Å². The summed E-state index contributed by atoms with van der Waals surface area (Å²) in [6, 6.07) is 24.2. The number of carbonyl (C=O) groups is 1. The van der Waals surface area contributed by atoms with Gasteiger partial charge in [0.15, 0.2) is 0 Å². The second kappa shape index (κ2) is 15.7. The quantitative estimate of drug-likeness (QED) is 0.140. The maximum atomic E-state index is 13.5. The molecular formula is C36H41N5O5. The third kappa shape index (κ3) is 8.20. The van der Waals surface area contributed by atoms with Crippen LogP contribution in [0.2, 0.25) is 0 Å². The molecular weight excluding hydrogens is 582 g/mol. The van der Waals surface area contributed by atoms with Gasteiger partial charge in [0.25, 0.3) is 0 Å². The summed E-state index contributed by atoms with van der Waals surface area (Å²) in [5.41, 5.74) is 4.24. The van der Waals surface area contributed by atoms with Crippen LogP contribution in [0.5, 0.6) is 0 Å². The third-order valence-electron chi connectivity index (χ3n) is 8.18. The van der Waals surface area contributed by atoms with Crippen molar-refractivity contribution in [2.75, 3.05) is 31.6 Å². The van der Waals surface area contributed by atoms with Crippen LogP contribution in [-0.2, 0) is 16.2 Å². The highest BCUT2D eigenvalue weighted by Gasteiger charge is 2.49. The van der Waals surface area contributed by atoms with E-state index < -0.39 is 30.3 Å². The zero-order valence-electron chi connectivity index (χ0n) is 26.1. The maximum absolute atomic E-state index is 13.5. The van der Waals surface area contributed by atoms with Crippen molar-refractivity contribution in [3.05, 3.63) is 114 Å². The summed E-state index contributed by atoms with van der Waals surface area (Å²) in [6.45, 7) is 2.73. The SMILES string of the molecule is C[C@@H](O)[C@H]1[C@@H](CO)ON(Cc2cccc(C#CC(O)c3ccc(-n4ccnc4)cc3)c2)[C@H]1C(=O)NCCCN(C)c1ccccc1. The number of carbonyl (C=O) groups excluding carboxylic acids is 1. The van der Waals surface area contributed by atoms with Crippen molar-refractivity contribution in [2.24, 2.45) is 5.92 Å². The topological polar surface area (TPSA) is 123 Å². The molecule has 0 radical (unpaired) electrons. The molecule has 0 aliphatic carbocycles. The number of para-hydroxylation sites is 1. The largest absolute Gasteiger partial charge is 0.394 e. The minimum atomic E-state index is -0.972. The van der Waals surface area contributed by atoms with E-state index in [0.29, 0.717) is 17.7 Å². The molecule has 5 atom stereocenters. The van der Waals surface area contributed by atoms with E-state index in [9.17, 15) is 20.1 Å². The van der Waals surface area contributed by atoms with Crippen LogP contribution in [0.3, 0.4) is 0 Å². The first-order chi connectivity index (χ1) is 22.3. The van der Waals surface area contributed by atoms with Crippen molar-refractivity contribution in [1.29, 1.82) is 0 Å². The second-order valence-electron chi connectivity index (χ2n) is 11.5. The molecule has 4 aromatic rings. The molecule has 5 rings (SSSR count). The van der Waals surface area contributed by atoms with Crippen LogP contribution in [0.25, 0.3) is 5.69 Å². The molecule has 0 spiro atoms. The summed E-state index contributed by atoms with van der Waals surface area (Å²) >= 11 is 0. The average molecular weight is 624 g/mol. The van der Waals surface area contributed by atoms with Gasteiger partial charge in [-0.3, -0.25) is 9.63 Å². The van der Waals surface area contributed by atoms with Crippen LogP contribution in [0.1, 0.15) is 36.1 Å². The number of aliphatic hydroxyl groups excluding tert-OH is 3. The molecule has 1 aliphatic heterocycles. The Balaban J connectivity index is 1.22. The summed E-state index contributed by atoms with van der Waals surface area (Å²) in [5, 5.41) is 35.9. The van der Waals surface area contributed by atoms with E-state index in [0.717, 1.165) is 29.9 Å². The smallest absolute Gasteiger partial charge is 0.240 e. The molecule has 10 heteroatoms. The molecule has 4 N–H and O–H groups in total. The minimum Gasteiger partial charge on any atom is -0.394 e. The summed E-state index contributed by atoms with van der Waals surface area (Å²) in [4.78, 5) is 25.7. The molecule has 0 saturated carbocycles. The number of aliphatic hydroxyl groups is 3. The van der Waals surface area contributed by atoms with Crippen LogP contribution in [0.15, 0.2) is 97.6 Å². The number of hydrogen-bond acceptors (Lipinski definition) is 8. The molecule has 0 bridgehead atoms. The van der Waals surface area contributed by atoms with E-state index in [2.05, 4.69) is 27.0 Å². The predicted molar refractivity (Wildman–Crippen MR) is 176 cm³/mol. The van der Waals surface area contributed by atoms with Crippen LogP contribution < -0.4 is 10.2 Å². The van der Waals surface area contributed by atoms with Crippen LogP contribution in [-0.4, -0.2) is 80.8 Å². The average Bonchev–Trinajstić information content (AvgIpc) is 3.75. The Labute approximate surface area is 269 Å². The first-order valence-electron chi connectivity index (χ1n) is 15.5. The number of aromatic nitrogens is 2. The molecule has 3 aromatic carbocycles. The second-order valence-corrected chi connectivity index (χ2v) is 11.5. The van der Waals surface area contributed by atoms with Crippen LogP contribution in [0.4, 0.5) is 5.69 Å². The normalized spacial score (nSPS) is 19.2. The molecule has 10 nitrogen and oxygen atoms in total. The molecule has 1 fully saturated rings. The Morgan fingerprint density at radius 2 is 1.87 bits per heavy atom. The van der Waals surface area contributed by atoms with Gasteiger partial charge in [0.05, 0.1) is 25.6 Å². The molecule has 46 heavy (non-hydrogen) atoms. The molecule has 2 heterocycles. The molecule has 1 aliphatic rings. The Morgan fingerprint density at radius 3 is 2.57 bits per heavy atom. The third-order valence-corrected chi connectivity index (χ3v) is 8.18. The lowest BCUT2D eigenvalue weighted by Gasteiger charge is -2.26. The summed E-state index contributed by atoms with van der Waals surface area (Å²) in [7, 11) is 2.01. The zero-order valence-corrected chi connectivity index (χ0v) is 26.1. The maximum Gasteiger partial charge on any atom is 0.240 e. The van der Waals surface area contributed by atoms with E-state index in [1.807, 2.05) is 96.7 Å². The Bertz CT molecular complexity index is 1600. The van der Waals surface area contributed by atoms with Gasteiger partial charge in [-0.05, 0) is 60.9 Å². The summed E-state index contributed by atoms with van der Waals surface area (Å²) < 4.78 is 1.88. The molecule has 1 amide bonds. The van der Waals surface area contributed by atoms with Gasteiger partial charge in [0.2, 0.25) is 5.91 Å². The highest BCUT2D eigenvalue weighted by atomic mass is 16.7. The van der Waals surface area contributed by atoms with Crippen LogP contribution in [0, 0.1) is 17.8 Å². The Kier molecular flexibility index (Phi) is 11.2. The minimum absolute atomic E-state index is 0.238. The standard InChI is InChI=1S/C36H41N5O5/c1-26(43)34-33(24-42)46-41(35(34)36(45)38-18-7-20-39(2)30-10-4-3-5-11-30)23-28-9-6-8-27(22-28)12-17-32(44)29-13-15-31(16-14-29)40-21-19-37-25-40/h3-6,8-11,13-16,19,21-22,25-26,32-35,42-44H,7,18,20,23-24H2,1-2H3,(H,38,45)/t26-,32?,33-,34+,35-/m1/s1. The lowest BCUT2D eigenvalue weighted by molar-refractivity contribution is -0.181. The van der Waals surface area contributed by atoms with E-state index in [1.165, 1.54) is 0 Å². The zero-order chi connectivity index (χ0) is 32.5. The highest BCUT2D eigenvalue weighted by molar-refractivity contribution is 5.82. The van der Waals surface area contributed by atoms with Gasteiger partial charge in [0, 0.05) is 55.4 Å². The lowest BCUT2D eigenvalue weighted by Crippen LogP contribution is -2.49. The number of rotatable bonds is 12. The molecule has 1 unspecified atom stereocenters. The van der Waals surface area contributed by atoms with Crippen molar-refractivity contribution >= 4 is 11.6 Å². The van der Waals surface area contributed by atoms with Crippen molar-refractivity contribution in [1.82, 2.24) is 19.9 Å². The van der Waals surface area contributed by atoms with Gasteiger partial charge < -0.3 is 30.1 Å². The molecule has 1 saturated heterocycles. The number of hydroxylamine groups is 2. The number of nitrogens with zero attached hydrogens (tertiary/aromatic N) is 4. The highest BCUT2D eigenvalue weighted by Crippen LogP contribution is 2.32. The number of benzene rings is 3. The number of hydrogen-bond donors (Lipinski definition) is 4. The summed E-state index contributed by atoms with van der Waals surface area (Å²) in [5.74, 6) is 5.08. The van der Waals surface area contributed by atoms with Crippen molar-refractivity contribution in [3.8, 4) is 17.5 Å². The Hall–Kier alpha value is -4.50. The molecule has 1 aromatic heterocycles. The van der Waals surface area contributed by atoms with Crippen LogP contribution >= 0.6 is 0 Å². The van der Waals surface area contributed by atoms with Crippen molar-refractivity contribution in [2.45, 2.75) is 44.2 Å². The van der Waals surface area contributed by atoms with E-state index in [4.69, 9.17) is 4.84 Å². The molecule has 240 valence electrons. The first kappa shape index (κ1) is 32.9. The fourth-order valence-corrected chi connectivity index (χ4v) is 5.72. The first-order valence-corrected chi connectivity index (χ1v) is 15.5. The number of amides is 1. The van der Waals surface area contributed by atoms with Gasteiger partial charge in [0.1, 0.15) is 18.2 Å². The van der Waals surface area contributed by atoms with Gasteiger partial charge in [-0.15, -0.1) is 0 Å². The Morgan fingerprint density at radius 1 is 1.09 bits per heavy atom. The van der Waals surface area contributed by atoms with E-state index in [1.54, 1.807) is 24.5 Å². The number of anilines is 1. The van der Waals surface area contributed by atoms with Gasteiger partial charge >= 0.3 is 0 Å². The monoisotopic (exact) mass is 623 g/mol. The lowest BCUT2D eigenvalue weighted by atomic mass is 9.89. The van der Waals surface area contributed by atoms with E-state index >= 15 is 0 Å². The number of imidazole rings is 1.